The second kappa shape index (κ2) is 10.2. The molecule has 6 heteroatoms. The average Bonchev–Trinajstić information content (AvgIpc) is 2.69. The molecule has 1 unspecified atom stereocenters. The van der Waals surface area contributed by atoms with Gasteiger partial charge in [-0.15, -0.1) is 0 Å². The Morgan fingerprint density at radius 3 is 2.55 bits per heavy atom. The van der Waals surface area contributed by atoms with Crippen molar-refractivity contribution in [1.82, 2.24) is 9.80 Å². The van der Waals surface area contributed by atoms with Crippen molar-refractivity contribution in [2.75, 3.05) is 32.8 Å². The fourth-order valence-electron chi connectivity index (χ4n) is 3.58. The van der Waals surface area contributed by atoms with E-state index >= 15 is 0 Å². The summed E-state index contributed by atoms with van der Waals surface area (Å²) in [5.74, 6) is -0.101. The predicted molar refractivity (Wildman–Crippen MR) is 114 cm³/mol. The van der Waals surface area contributed by atoms with Gasteiger partial charge in [0.2, 0.25) is 0 Å². The van der Waals surface area contributed by atoms with E-state index < -0.39 is 0 Å². The van der Waals surface area contributed by atoms with Crippen LogP contribution in [0.4, 0.5) is 4.39 Å². The minimum Gasteiger partial charge on any atom is -0.374 e. The Labute approximate surface area is 177 Å². The van der Waals surface area contributed by atoms with E-state index in [2.05, 4.69) is 18.7 Å². The summed E-state index contributed by atoms with van der Waals surface area (Å²) in [5.41, 5.74) is 1.71. The molecule has 4 nitrogen and oxygen atoms in total. The highest BCUT2D eigenvalue weighted by Crippen LogP contribution is 2.16. The van der Waals surface area contributed by atoms with E-state index in [1.807, 2.05) is 29.2 Å². The highest BCUT2D eigenvalue weighted by atomic mass is 35.5. The first-order chi connectivity index (χ1) is 13.9. The van der Waals surface area contributed by atoms with Gasteiger partial charge >= 0.3 is 0 Å². The standard InChI is InChI=1S/C23H28ClFN2O2/c1-17(2)13-27(23(28)19-5-9-21(25)10-6-19)16-22-15-26(11-12-29-22)14-18-3-7-20(24)8-4-18/h3-10,17,22H,11-16H2,1-2H3. The molecule has 0 aliphatic carbocycles. The summed E-state index contributed by atoms with van der Waals surface area (Å²) in [6.45, 7) is 8.40. The highest BCUT2D eigenvalue weighted by molar-refractivity contribution is 6.30. The Bertz CT molecular complexity index is 796. The van der Waals surface area contributed by atoms with Crippen LogP contribution in [0.3, 0.4) is 0 Å². The summed E-state index contributed by atoms with van der Waals surface area (Å²) in [6.07, 6.45) is -0.0563. The van der Waals surface area contributed by atoms with E-state index in [1.54, 1.807) is 12.1 Å². The number of carbonyl (C=O) groups is 1. The lowest BCUT2D eigenvalue weighted by Gasteiger charge is -2.36. The van der Waals surface area contributed by atoms with Crippen LogP contribution in [0.1, 0.15) is 29.8 Å². The number of halogens is 2. The van der Waals surface area contributed by atoms with Gasteiger partial charge in [0.05, 0.1) is 12.7 Å². The Morgan fingerprint density at radius 2 is 1.90 bits per heavy atom. The lowest BCUT2D eigenvalue weighted by atomic mass is 10.1. The molecular formula is C23H28ClFN2O2. The highest BCUT2D eigenvalue weighted by Gasteiger charge is 2.26. The summed E-state index contributed by atoms with van der Waals surface area (Å²) in [7, 11) is 0. The van der Waals surface area contributed by atoms with Crippen LogP contribution in [0.2, 0.25) is 5.02 Å². The van der Waals surface area contributed by atoms with E-state index in [-0.39, 0.29) is 17.8 Å². The van der Waals surface area contributed by atoms with Gasteiger partial charge in [-0.05, 0) is 47.9 Å². The molecule has 0 saturated carbocycles. The molecule has 2 aromatic carbocycles. The molecule has 156 valence electrons. The number of benzene rings is 2. The molecule has 1 saturated heterocycles. The SMILES string of the molecule is CC(C)CN(CC1CN(Cc2ccc(Cl)cc2)CCO1)C(=O)c1ccc(F)cc1. The third-order valence-electron chi connectivity index (χ3n) is 4.93. The summed E-state index contributed by atoms with van der Waals surface area (Å²) in [6, 6.07) is 13.6. The number of rotatable bonds is 7. The smallest absolute Gasteiger partial charge is 0.253 e. The van der Waals surface area contributed by atoms with Crippen LogP contribution in [0.25, 0.3) is 0 Å². The zero-order valence-electron chi connectivity index (χ0n) is 17.0. The Hall–Kier alpha value is -1.95. The fraction of sp³-hybridized carbons (Fsp3) is 0.435. The third-order valence-corrected chi connectivity index (χ3v) is 5.18. The largest absolute Gasteiger partial charge is 0.374 e. The quantitative estimate of drug-likeness (QED) is 0.664. The molecular weight excluding hydrogens is 391 g/mol. The Kier molecular flexibility index (Phi) is 7.64. The molecule has 0 N–H and O–H groups in total. The fourth-order valence-corrected chi connectivity index (χ4v) is 3.71. The number of amides is 1. The summed E-state index contributed by atoms with van der Waals surface area (Å²) in [5, 5.41) is 0.734. The molecule has 1 heterocycles. The van der Waals surface area contributed by atoms with Crippen LogP contribution < -0.4 is 0 Å². The molecule has 1 aliphatic heterocycles. The van der Waals surface area contributed by atoms with E-state index in [1.165, 1.54) is 17.7 Å². The molecule has 0 bridgehead atoms. The minimum absolute atomic E-state index is 0.0563. The number of hydrogen-bond donors (Lipinski definition) is 0. The van der Waals surface area contributed by atoms with Crippen LogP contribution >= 0.6 is 11.6 Å². The van der Waals surface area contributed by atoms with Crippen LogP contribution in [0.5, 0.6) is 0 Å². The number of morpholine rings is 1. The maximum Gasteiger partial charge on any atom is 0.253 e. The third kappa shape index (κ3) is 6.53. The minimum atomic E-state index is -0.342. The van der Waals surface area contributed by atoms with E-state index in [4.69, 9.17) is 16.3 Å². The molecule has 0 radical (unpaired) electrons. The molecule has 0 aromatic heterocycles. The molecule has 2 aromatic rings. The number of ether oxygens (including phenoxy) is 1. The summed E-state index contributed by atoms with van der Waals surface area (Å²) < 4.78 is 19.2. The second-order valence-electron chi connectivity index (χ2n) is 7.97. The first-order valence-electron chi connectivity index (χ1n) is 10.0. The van der Waals surface area contributed by atoms with Crippen molar-refractivity contribution in [3.63, 3.8) is 0 Å². The van der Waals surface area contributed by atoms with Gasteiger partial charge in [-0.3, -0.25) is 9.69 Å². The van der Waals surface area contributed by atoms with Gasteiger partial charge in [-0.1, -0.05) is 37.6 Å². The van der Waals surface area contributed by atoms with Crippen molar-refractivity contribution in [3.8, 4) is 0 Å². The molecule has 1 amide bonds. The monoisotopic (exact) mass is 418 g/mol. The molecule has 29 heavy (non-hydrogen) atoms. The summed E-state index contributed by atoms with van der Waals surface area (Å²) in [4.78, 5) is 17.2. The average molecular weight is 419 g/mol. The van der Waals surface area contributed by atoms with E-state index in [9.17, 15) is 9.18 Å². The van der Waals surface area contributed by atoms with Gasteiger partial charge in [0, 0.05) is 43.3 Å². The van der Waals surface area contributed by atoms with Gasteiger partial charge < -0.3 is 9.64 Å². The molecule has 1 aliphatic rings. The van der Waals surface area contributed by atoms with Gasteiger partial charge in [0.25, 0.3) is 5.91 Å². The topological polar surface area (TPSA) is 32.8 Å². The number of carbonyl (C=O) groups excluding carboxylic acids is 1. The van der Waals surface area contributed by atoms with E-state index in [0.717, 1.165) is 24.7 Å². The van der Waals surface area contributed by atoms with Crippen molar-refractivity contribution >= 4 is 17.5 Å². The first-order valence-corrected chi connectivity index (χ1v) is 10.4. The van der Waals surface area contributed by atoms with Gasteiger partial charge in [-0.25, -0.2) is 4.39 Å². The maximum atomic E-state index is 13.2. The molecule has 3 rings (SSSR count). The van der Waals surface area contributed by atoms with Gasteiger partial charge in [-0.2, -0.15) is 0 Å². The van der Waals surface area contributed by atoms with Gasteiger partial charge in [0.15, 0.2) is 0 Å². The van der Waals surface area contributed by atoms with Crippen molar-refractivity contribution in [1.29, 1.82) is 0 Å². The van der Waals surface area contributed by atoms with Crippen molar-refractivity contribution < 1.29 is 13.9 Å². The zero-order chi connectivity index (χ0) is 20.8. The zero-order valence-corrected chi connectivity index (χ0v) is 17.7. The van der Waals surface area contributed by atoms with Gasteiger partial charge in [0.1, 0.15) is 5.82 Å². The predicted octanol–water partition coefficient (Wildman–Crippen LogP) is 4.48. The Morgan fingerprint density at radius 1 is 1.21 bits per heavy atom. The normalized spacial score (nSPS) is 17.5. The maximum absolute atomic E-state index is 13.2. The summed E-state index contributed by atoms with van der Waals surface area (Å²) >= 11 is 5.97. The number of nitrogens with zero attached hydrogens (tertiary/aromatic N) is 2. The molecule has 1 atom stereocenters. The lowest BCUT2D eigenvalue weighted by Crippen LogP contribution is -2.49. The van der Waals surface area contributed by atoms with Crippen molar-refractivity contribution in [2.24, 2.45) is 5.92 Å². The Balaban J connectivity index is 1.64. The molecule has 1 fully saturated rings. The van der Waals surface area contributed by atoms with Crippen LogP contribution in [0, 0.1) is 11.7 Å². The van der Waals surface area contributed by atoms with Crippen molar-refractivity contribution in [3.05, 3.63) is 70.5 Å². The van der Waals surface area contributed by atoms with E-state index in [0.29, 0.717) is 31.2 Å². The van der Waals surface area contributed by atoms with Crippen molar-refractivity contribution in [2.45, 2.75) is 26.5 Å². The van der Waals surface area contributed by atoms with Crippen LogP contribution in [0.15, 0.2) is 48.5 Å². The van der Waals surface area contributed by atoms with Crippen LogP contribution in [-0.2, 0) is 11.3 Å². The van der Waals surface area contributed by atoms with Crippen LogP contribution in [-0.4, -0.2) is 54.6 Å². The first kappa shape index (κ1) is 21.8. The number of hydrogen-bond acceptors (Lipinski definition) is 3. The lowest BCUT2D eigenvalue weighted by molar-refractivity contribution is -0.0438. The second-order valence-corrected chi connectivity index (χ2v) is 8.40. The molecule has 0 spiro atoms.